The van der Waals surface area contributed by atoms with Crippen molar-refractivity contribution in [2.45, 2.75) is 24.5 Å². The Bertz CT molecular complexity index is 606. The number of hydrogen-bond acceptors (Lipinski definition) is 4. The summed E-state index contributed by atoms with van der Waals surface area (Å²) < 4.78 is 25.5. The van der Waals surface area contributed by atoms with Crippen LogP contribution >= 0.6 is 0 Å². The smallest absolute Gasteiger partial charge is 0.264 e. The fourth-order valence-electron chi connectivity index (χ4n) is 2.08. The summed E-state index contributed by atoms with van der Waals surface area (Å²) in [5.74, 6) is -0.543. The molecule has 0 aromatic heterocycles. The van der Waals surface area contributed by atoms with Crippen LogP contribution in [0.4, 0.5) is 5.69 Å². The number of nitrogens with one attached hydrogen (secondary N) is 2. The topological polar surface area (TPSA) is 75.3 Å². The lowest BCUT2D eigenvalue weighted by molar-refractivity contribution is 0.0981. The summed E-state index contributed by atoms with van der Waals surface area (Å²) in [4.78, 5) is 11.9. The van der Waals surface area contributed by atoms with Gasteiger partial charge in [0, 0.05) is 17.8 Å². The van der Waals surface area contributed by atoms with E-state index in [0.717, 1.165) is 24.2 Å². The molecule has 0 unspecified atom stereocenters. The van der Waals surface area contributed by atoms with E-state index < -0.39 is 15.9 Å². The Morgan fingerprint density at radius 1 is 1.33 bits per heavy atom. The fraction of sp³-hybridized carbons (Fsp3) is 0.417. The molecular weight excluding hydrogens is 252 g/mol. The number of hydrogen-bond donors (Lipinski definition) is 2. The van der Waals surface area contributed by atoms with E-state index in [2.05, 4.69) is 10.0 Å². The highest BCUT2D eigenvalue weighted by Crippen LogP contribution is 2.28. The molecule has 1 saturated carbocycles. The summed E-state index contributed by atoms with van der Waals surface area (Å²) in [5.41, 5.74) is 2.47. The van der Waals surface area contributed by atoms with Crippen molar-refractivity contribution in [3.05, 3.63) is 29.3 Å². The molecule has 1 aromatic rings. The van der Waals surface area contributed by atoms with Crippen LogP contribution in [0.5, 0.6) is 0 Å². The van der Waals surface area contributed by atoms with Crippen molar-refractivity contribution in [2.24, 2.45) is 0 Å². The van der Waals surface area contributed by atoms with Gasteiger partial charge in [-0.1, -0.05) is 6.07 Å². The lowest BCUT2D eigenvalue weighted by atomic mass is 10.1. The van der Waals surface area contributed by atoms with Gasteiger partial charge in [-0.25, -0.2) is 13.1 Å². The number of anilines is 1. The zero-order valence-corrected chi connectivity index (χ0v) is 10.6. The number of carbonyl (C=O) groups is 1. The zero-order chi connectivity index (χ0) is 12.8. The first kappa shape index (κ1) is 11.5. The summed E-state index contributed by atoms with van der Waals surface area (Å²) in [6.45, 7) is 0.862. The molecule has 3 rings (SSSR count). The number of sulfonamides is 1. The van der Waals surface area contributed by atoms with Gasteiger partial charge in [-0.2, -0.15) is 0 Å². The van der Waals surface area contributed by atoms with Gasteiger partial charge in [-0.15, -0.1) is 0 Å². The predicted octanol–water partition coefficient (Wildman–Crippen LogP) is 0.877. The zero-order valence-electron chi connectivity index (χ0n) is 9.77. The molecule has 1 aliphatic carbocycles. The van der Waals surface area contributed by atoms with Gasteiger partial charge in [0.15, 0.2) is 0 Å². The van der Waals surface area contributed by atoms with Gasteiger partial charge in [-0.3, -0.25) is 4.79 Å². The molecule has 96 valence electrons. The van der Waals surface area contributed by atoms with E-state index in [1.807, 2.05) is 6.07 Å². The highest BCUT2D eigenvalue weighted by molar-refractivity contribution is 7.91. The Morgan fingerprint density at radius 2 is 2.11 bits per heavy atom. The molecule has 1 aliphatic heterocycles. The maximum absolute atomic E-state index is 11.9. The molecule has 1 fully saturated rings. The largest absolute Gasteiger partial charge is 0.384 e. The van der Waals surface area contributed by atoms with Crippen LogP contribution < -0.4 is 10.0 Å². The van der Waals surface area contributed by atoms with Gasteiger partial charge in [0.2, 0.25) is 10.0 Å². The van der Waals surface area contributed by atoms with Gasteiger partial charge in [0.25, 0.3) is 5.91 Å². The first-order chi connectivity index (χ1) is 8.56. The average molecular weight is 266 g/mol. The molecule has 2 N–H and O–H groups in total. The van der Waals surface area contributed by atoms with Gasteiger partial charge < -0.3 is 5.32 Å². The summed E-state index contributed by atoms with van der Waals surface area (Å²) in [5, 5.41) is 2.78. The van der Waals surface area contributed by atoms with Crippen LogP contribution in [0, 0.1) is 0 Å². The van der Waals surface area contributed by atoms with E-state index in [0.29, 0.717) is 18.4 Å². The summed E-state index contributed by atoms with van der Waals surface area (Å²) in [7, 11) is -3.47. The van der Waals surface area contributed by atoms with E-state index in [9.17, 15) is 13.2 Å². The maximum Gasteiger partial charge on any atom is 0.264 e. The number of amides is 1. The molecule has 2 aliphatic rings. The van der Waals surface area contributed by atoms with Crippen molar-refractivity contribution in [1.29, 1.82) is 0 Å². The summed E-state index contributed by atoms with van der Waals surface area (Å²) in [6, 6.07) is 5.25. The number of benzene rings is 1. The molecule has 18 heavy (non-hydrogen) atoms. The van der Waals surface area contributed by atoms with Gasteiger partial charge in [0.05, 0.1) is 5.25 Å². The molecule has 0 radical (unpaired) electrons. The highest BCUT2D eigenvalue weighted by atomic mass is 32.2. The van der Waals surface area contributed by atoms with E-state index in [1.165, 1.54) is 0 Å². The maximum atomic E-state index is 11.9. The molecule has 0 spiro atoms. The Kier molecular flexibility index (Phi) is 2.55. The first-order valence-electron chi connectivity index (χ1n) is 5.99. The van der Waals surface area contributed by atoms with Crippen molar-refractivity contribution in [3.63, 3.8) is 0 Å². The minimum atomic E-state index is -3.47. The van der Waals surface area contributed by atoms with Gasteiger partial charge in [-0.05, 0) is 37.0 Å². The van der Waals surface area contributed by atoms with Crippen LogP contribution in [0.15, 0.2) is 18.2 Å². The molecule has 0 saturated heterocycles. The van der Waals surface area contributed by atoms with Crippen molar-refractivity contribution in [2.75, 3.05) is 11.9 Å². The molecule has 6 heteroatoms. The predicted molar refractivity (Wildman–Crippen MR) is 68.0 cm³/mol. The molecule has 5 nitrogen and oxygen atoms in total. The molecule has 0 bridgehead atoms. The third-order valence-electron chi connectivity index (χ3n) is 3.28. The fourth-order valence-corrected chi connectivity index (χ4v) is 3.38. The quantitative estimate of drug-likeness (QED) is 0.851. The lowest BCUT2D eigenvalue weighted by Crippen LogP contribution is -2.33. The normalized spacial score (nSPS) is 18.0. The Morgan fingerprint density at radius 3 is 2.83 bits per heavy atom. The number of carbonyl (C=O) groups excluding carboxylic acids is 1. The van der Waals surface area contributed by atoms with Crippen molar-refractivity contribution < 1.29 is 13.2 Å². The third-order valence-corrected chi connectivity index (χ3v) is 5.10. The molecule has 1 aromatic carbocycles. The van der Waals surface area contributed by atoms with E-state index >= 15 is 0 Å². The van der Waals surface area contributed by atoms with Gasteiger partial charge in [0.1, 0.15) is 0 Å². The minimum Gasteiger partial charge on any atom is -0.384 e. The number of fused-ring (bicyclic) bond motifs is 1. The SMILES string of the molecule is O=C(NS(=O)(=O)C1CC1)c1ccc2c(c1)NCC2. The van der Waals surface area contributed by atoms with Crippen molar-refractivity contribution in [3.8, 4) is 0 Å². The standard InChI is InChI=1S/C12H14N2O3S/c15-12(14-18(16,17)10-3-4-10)9-2-1-8-5-6-13-11(8)7-9/h1-2,7,10,13H,3-6H2,(H,14,15). The van der Waals surface area contributed by atoms with Crippen LogP contribution in [0.1, 0.15) is 28.8 Å². The van der Waals surface area contributed by atoms with Crippen LogP contribution in [0.25, 0.3) is 0 Å². The molecular formula is C12H14N2O3S. The van der Waals surface area contributed by atoms with Crippen molar-refractivity contribution >= 4 is 21.6 Å². The summed E-state index contributed by atoms with van der Waals surface area (Å²) in [6.07, 6.45) is 2.24. The second-order valence-corrected chi connectivity index (χ2v) is 6.69. The third kappa shape index (κ3) is 2.08. The Hall–Kier alpha value is -1.56. The van der Waals surface area contributed by atoms with Crippen LogP contribution in [0.2, 0.25) is 0 Å². The second-order valence-electron chi connectivity index (χ2n) is 4.72. The average Bonchev–Trinajstić information content (AvgIpc) is 3.08. The molecule has 1 amide bonds. The van der Waals surface area contributed by atoms with Crippen molar-refractivity contribution in [1.82, 2.24) is 4.72 Å². The summed E-state index contributed by atoms with van der Waals surface area (Å²) >= 11 is 0. The Balaban J connectivity index is 1.80. The van der Waals surface area contributed by atoms with Crippen LogP contribution in [0.3, 0.4) is 0 Å². The van der Waals surface area contributed by atoms with Crippen LogP contribution in [-0.4, -0.2) is 26.1 Å². The molecule has 0 atom stereocenters. The van der Waals surface area contributed by atoms with Gasteiger partial charge >= 0.3 is 0 Å². The Labute approximate surface area is 106 Å². The van der Waals surface area contributed by atoms with E-state index in [-0.39, 0.29) is 5.25 Å². The second kappa shape index (κ2) is 3.98. The minimum absolute atomic E-state index is 0.381. The van der Waals surface area contributed by atoms with E-state index in [1.54, 1.807) is 12.1 Å². The highest BCUT2D eigenvalue weighted by Gasteiger charge is 2.37. The van der Waals surface area contributed by atoms with E-state index in [4.69, 9.17) is 0 Å². The first-order valence-corrected chi connectivity index (χ1v) is 7.54. The van der Waals surface area contributed by atoms with Crippen LogP contribution in [-0.2, 0) is 16.4 Å². The lowest BCUT2D eigenvalue weighted by Gasteiger charge is -2.07. The number of rotatable bonds is 3. The monoisotopic (exact) mass is 266 g/mol. The molecule has 1 heterocycles.